The van der Waals surface area contributed by atoms with Crippen LogP contribution in [0, 0.1) is 0 Å². The van der Waals surface area contributed by atoms with Crippen LogP contribution in [0.15, 0.2) is 59.7 Å². The number of aliphatic imine (C=N–C) groups is 1. The van der Waals surface area contributed by atoms with E-state index < -0.39 is 0 Å². The van der Waals surface area contributed by atoms with Gasteiger partial charge in [0, 0.05) is 12.4 Å². The predicted molar refractivity (Wildman–Crippen MR) is 71.3 cm³/mol. The van der Waals surface area contributed by atoms with Gasteiger partial charge < -0.3 is 0 Å². The van der Waals surface area contributed by atoms with Crippen molar-refractivity contribution in [1.29, 1.82) is 0 Å². The summed E-state index contributed by atoms with van der Waals surface area (Å²) in [5, 5.41) is 0. The fourth-order valence-electron chi connectivity index (χ4n) is 1.72. The molecule has 0 N–H and O–H groups in total. The van der Waals surface area contributed by atoms with E-state index in [9.17, 15) is 0 Å². The average molecular weight is 224 g/mol. The molecule has 1 atom stereocenters. The molecule has 1 heterocycles. The largest absolute Gasteiger partial charge is 0.283 e. The van der Waals surface area contributed by atoms with Crippen molar-refractivity contribution in [2.75, 3.05) is 0 Å². The second kappa shape index (κ2) is 5.94. The first kappa shape index (κ1) is 11.5. The molecule has 1 aromatic heterocycles. The lowest BCUT2D eigenvalue weighted by atomic mass is 10.1. The zero-order chi connectivity index (χ0) is 11.9. The van der Waals surface area contributed by atoms with Gasteiger partial charge in [0.25, 0.3) is 0 Å². The molecule has 0 aliphatic heterocycles. The number of pyridine rings is 1. The molecule has 17 heavy (non-hydrogen) atoms. The molecule has 0 bridgehead atoms. The highest BCUT2D eigenvalue weighted by Gasteiger charge is 2.04. The molecular weight excluding hydrogens is 208 g/mol. The predicted octanol–water partition coefficient (Wildman–Crippen LogP) is 3.65. The maximum atomic E-state index is 4.60. The molecule has 0 aliphatic carbocycles. The van der Waals surface area contributed by atoms with Crippen LogP contribution >= 0.6 is 0 Å². The summed E-state index contributed by atoms with van der Waals surface area (Å²) in [5.74, 6) is 0. The summed E-state index contributed by atoms with van der Waals surface area (Å²) < 4.78 is 0. The van der Waals surface area contributed by atoms with Gasteiger partial charge in [0.15, 0.2) is 0 Å². The van der Waals surface area contributed by atoms with Crippen molar-refractivity contribution in [1.82, 2.24) is 4.98 Å². The van der Waals surface area contributed by atoms with E-state index >= 15 is 0 Å². The molecule has 2 aromatic rings. The summed E-state index contributed by atoms with van der Waals surface area (Å²) in [5.41, 5.74) is 2.16. The van der Waals surface area contributed by atoms with Gasteiger partial charge in [0.2, 0.25) is 0 Å². The van der Waals surface area contributed by atoms with Crippen molar-refractivity contribution in [3.63, 3.8) is 0 Å². The summed E-state index contributed by atoms with van der Waals surface area (Å²) in [7, 11) is 0. The first-order valence-electron chi connectivity index (χ1n) is 5.89. The summed E-state index contributed by atoms with van der Waals surface area (Å²) >= 11 is 0. The normalized spacial score (nSPS) is 12.8. The fraction of sp³-hybridized carbons (Fsp3) is 0.200. The smallest absolute Gasteiger partial charge is 0.0808 e. The van der Waals surface area contributed by atoms with Crippen LogP contribution in [0.2, 0.25) is 0 Å². The SMILES string of the molecule is CC[C@@H](N=Cc1ccccn1)c1ccccc1. The molecule has 0 aliphatic rings. The monoisotopic (exact) mass is 224 g/mol. The molecule has 0 radical (unpaired) electrons. The van der Waals surface area contributed by atoms with E-state index in [2.05, 4.69) is 29.0 Å². The Morgan fingerprint density at radius 2 is 1.88 bits per heavy atom. The highest BCUT2D eigenvalue weighted by atomic mass is 14.8. The van der Waals surface area contributed by atoms with Crippen molar-refractivity contribution in [3.8, 4) is 0 Å². The molecule has 1 aromatic carbocycles. The van der Waals surface area contributed by atoms with Gasteiger partial charge >= 0.3 is 0 Å². The van der Waals surface area contributed by atoms with E-state index in [1.807, 2.05) is 42.6 Å². The number of hydrogen-bond donors (Lipinski definition) is 0. The highest BCUT2D eigenvalue weighted by Crippen LogP contribution is 2.20. The standard InChI is InChI=1S/C15H16N2/c1-2-15(13-8-4-3-5-9-13)17-12-14-10-6-7-11-16-14/h3-12,15H,2H2,1H3/t15-/m1/s1. The van der Waals surface area contributed by atoms with E-state index in [1.54, 1.807) is 6.20 Å². The molecule has 0 fully saturated rings. The maximum Gasteiger partial charge on any atom is 0.0808 e. The van der Waals surface area contributed by atoms with Crippen molar-refractivity contribution < 1.29 is 0 Å². The van der Waals surface area contributed by atoms with E-state index in [-0.39, 0.29) is 6.04 Å². The topological polar surface area (TPSA) is 25.2 Å². The second-order valence-electron chi connectivity index (χ2n) is 3.87. The van der Waals surface area contributed by atoms with Gasteiger partial charge in [-0.3, -0.25) is 9.98 Å². The fourth-order valence-corrected chi connectivity index (χ4v) is 1.72. The zero-order valence-electron chi connectivity index (χ0n) is 9.95. The van der Waals surface area contributed by atoms with Gasteiger partial charge in [-0.05, 0) is 24.1 Å². The number of nitrogens with zero attached hydrogens (tertiary/aromatic N) is 2. The van der Waals surface area contributed by atoms with Gasteiger partial charge in [-0.2, -0.15) is 0 Å². The van der Waals surface area contributed by atoms with Gasteiger partial charge in [-0.25, -0.2) is 0 Å². The molecule has 86 valence electrons. The maximum absolute atomic E-state index is 4.60. The third kappa shape index (κ3) is 3.25. The van der Waals surface area contributed by atoms with Crippen LogP contribution in [0.25, 0.3) is 0 Å². The first-order valence-corrected chi connectivity index (χ1v) is 5.89. The first-order chi connectivity index (χ1) is 8.40. The van der Waals surface area contributed by atoms with E-state index in [0.29, 0.717) is 0 Å². The molecule has 0 saturated carbocycles. The molecule has 0 spiro atoms. The van der Waals surface area contributed by atoms with Gasteiger partial charge in [-0.15, -0.1) is 0 Å². The lowest BCUT2D eigenvalue weighted by molar-refractivity contribution is 0.704. The van der Waals surface area contributed by atoms with Crippen molar-refractivity contribution in [2.24, 2.45) is 4.99 Å². The minimum absolute atomic E-state index is 0.221. The van der Waals surface area contributed by atoms with Crippen LogP contribution in [0.5, 0.6) is 0 Å². The Kier molecular flexibility index (Phi) is 4.03. The number of aromatic nitrogens is 1. The second-order valence-corrected chi connectivity index (χ2v) is 3.87. The molecule has 0 unspecified atom stereocenters. The summed E-state index contributed by atoms with van der Waals surface area (Å²) in [6.07, 6.45) is 4.62. The third-order valence-corrected chi connectivity index (χ3v) is 2.65. The number of rotatable bonds is 4. The Bertz CT molecular complexity index is 463. The Labute approximate surface area is 102 Å². The zero-order valence-corrected chi connectivity index (χ0v) is 9.95. The minimum Gasteiger partial charge on any atom is -0.283 e. The molecule has 0 amide bonds. The Morgan fingerprint density at radius 1 is 1.12 bits per heavy atom. The van der Waals surface area contributed by atoms with E-state index in [0.717, 1.165) is 12.1 Å². The lowest BCUT2D eigenvalue weighted by Crippen LogP contribution is -1.95. The van der Waals surface area contributed by atoms with Gasteiger partial charge in [-0.1, -0.05) is 43.3 Å². The third-order valence-electron chi connectivity index (χ3n) is 2.65. The van der Waals surface area contributed by atoms with E-state index in [1.165, 1.54) is 5.56 Å². The van der Waals surface area contributed by atoms with Gasteiger partial charge in [0.1, 0.15) is 0 Å². The van der Waals surface area contributed by atoms with Crippen molar-refractivity contribution in [2.45, 2.75) is 19.4 Å². The summed E-state index contributed by atoms with van der Waals surface area (Å²) in [6.45, 7) is 2.15. The lowest BCUT2D eigenvalue weighted by Gasteiger charge is -2.09. The Hall–Kier alpha value is -1.96. The van der Waals surface area contributed by atoms with Crippen LogP contribution in [0.3, 0.4) is 0 Å². The molecule has 2 nitrogen and oxygen atoms in total. The van der Waals surface area contributed by atoms with Crippen LogP contribution in [0.4, 0.5) is 0 Å². The summed E-state index contributed by atoms with van der Waals surface area (Å²) in [4.78, 5) is 8.82. The van der Waals surface area contributed by atoms with Crippen LogP contribution in [-0.4, -0.2) is 11.2 Å². The van der Waals surface area contributed by atoms with Crippen LogP contribution in [-0.2, 0) is 0 Å². The van der Waals surface area contributed by atoms with Crippen LogP contribution in [0.1, 0.15) is 30.6 Å². The molecule has 2 heteroatoms. The van der Waals surface area contributed by atoms with Crippen molar-refractivity contribution in [3.05, 3.63) is 66.0 Å². The highest BCUT2D eigenvalue weighted by molar-refractivity contribution is 5.76. The quantitative estimate of drug-likeness (QED) is 0.728. The van der Waals surface area contributed by atoms with Crippen LogP contribution < -0.4 is 0 Å². The Morgan fingerprint density at radius 3 is 2.53 bits per heavy atom. The molecule has 0 saturated heterocycles. The molecular formula is C15H16N2. The van der Waals surface area contributed by atoms with Crippen molar-refractivity contribution >= 4 is 6.21 Å². The summed E-state index contributed by atoms with van der Waals surface area (Å²) in [6, 6.07) is 16.4. The number of benzene rings is 1. The Balaban J connectivity index is 2.14. The average Bonchev–Trinajstić information content (AvgIpc) is 2.42. The number of hydrogen-bond acceptors (Lipinski definition) is 2. The minimum atomic E-state index is 0.221. The van der Waals surface area contributed by atoms with Gasteiger partial charge in [0.05, 0.1) is 11.7 Å². The molecule has 2 rings (SSSR count). The van der Waals surface area contributed by atoms with E-state index in [4.69, 9.17) is 0 Å².